The van der Waals surface area contributed by atoms with Crippen LogP contribution in [0.4, 0.5) is 16.2 Å². The topological polar surface area (TPSA) is 73.9 Å². The van der Waals surface area contributed by atoms with Crippen molar-refractivity contribution in [3.63, 3.8) is 0 Å². The summed E-state index contributed by atoms with van der Waals surface area (Å²) in [5.74, 6) is 0.782. The smallest absolute Gasteiger partial charge is 0.321 e. The van der Waals surface area contributed by atoms with Gasteiger partial charge in [0.15, 0.2) is 0 Å². The quantitative estimate of drug-likeness (QED) is 0.787. The number of carbonyl (C=O) groups is 2. The van der Waals surface area contributed by atoms with Gasteiger partial charge in [-0.2, -0.15) is 0 Å². The Morgan fingerprint density at radius 2 is 1.66 bits per heavy atom. The second-order valence-electron chi connectivity index (χ2n) is 7.08. The third-order valence-electron chi connectivity index (χ3n) is 4.98. The van der Waals surface area contributed by atoms with Crippen molar-refractivity contribution in [3.05, 3.63) is 54.1 Å². The summed E-state index contributed by atoms with van der Waals surface area (Å²) < 4.78 is 5.42. The Labute approximate surface area is 171 Å². The first-order valence-electron chi connectivity index (χ1n) is 9.83. The molecule has 3 rings (SSSR count). The van der Waals surface area contributed by atoms with Crippen LogP contribution in [0.2, 0.25) is 0 Å². The highest BCUT2D eigenvalue weighted by Gasteiger charge is 2.21. The molecule has 154 valence electrons. The Hall–Kier alpha value is -3.06. The fraction of sp³-hybridized carbons (Fsp3) is 0.364. The summed E-state index contributed by atoms with van der Waals surface area (Å²) in [4.78, 5) is 27.9. The van der Waals surface area contributed by atoms with E-state index in [2.05, 4.69) is 21.6 Å². The molecule has 0 atom stereocenters. The summed E-state index contributed by atoms with van der Waals surface area (Å²) in [6, 6.07) is 15.1. The molecule has 0 radical (unpaired) electrons. The lowest BCUT2D eigenvalue weighted by Crippen LogP contribution is -2.50. The lowest BCUT2D eigenvalue weighted by molar-refractivity contribution is -0.114. The minimum atomic E-state index is -0.141. The average molecular weight is 396 g/mol. The standard InChI is InChI=1S/C22H28N4O3/c1-17(27)23-19-7-5-8-20(16-19)24-22(28)26-14-12-25(13-15-26)11-10-18-6-3-4-9-21(18)29-2/h3-9,16H,10-15H2,1-2H3,(H,23,27)(H,24,28). The summed E-state index contributed by atoms with van der Waals surface area (Å²) >= 11 is 0. The molecule has 2 aromatic rings. The SMILES string of the molecule is COc1ccccc1CCN1CCN(C(=O)Nc2cccc(NC(C)=O)c2)CC1. The van der Waals surface area contributed by atoms with Gasteiger partial charge < -0.3 is 20.3 Å². The fourth-order valence-electron chi connectivity index (χ4n) is 3.44. The predicted octanol–water partition coefficient (Wildman–Crippen LogP) is 3.05. The number of benzene rings is 2. The zero-order valence-electron chi connectivity index (χ0n) is 17.0. The number of ether oxygens (including phenoxy) is 1. The van der Waals surface area contributed by atoms with Gasteiger partial charge in [-0.15, -0.1) is 0 Å². The lowest BCUT2D eigenvalue weighted by Gasteiger charge is -2.34. The molecule has 2 aromatic carbocycles. The number of para-hydroxylation sites is 1. The molecule has 0 saturated carbocycles. The molecule has 7 nitrogen and oxygen atoms in total. The maximum atomic E-state index is 12.6. The van der Waals surface area contributed by atoms with Gasteiger partial charge in [0, 0.05) is 51.0 Å². The van der Waals surface area contributed by atoms with Crippen molar-refractivity contribution >= 4 is 23.3 Å². The van der Waals surface area contributed by atoms with E-state index in [1.165, 1.54) is 12.5 Å². The number of hydrogen-bond donors (Lipinski definition) is 2. The van der Waals surface area contributed by atoms with Crippen molar-refractivity contribution < 1.29 is 14.3 Å². The second kappa shape index (κ2) is 9.93. The average Bonchev–Trinajstić information content (AvgIpc) is 2.72. The Bertz CT molecular complexity index is 847. The van der Waals surface area contributed by atoms with Crippen LogP contribution in [0.3, 0.4) is 0 Å². The van der Waals surface area contributed by atoms with Crippen molar-refractivity contribution in [2.24, 2.45) is 0 Å². The molecule has 0 spiro atoms. The minimum Gasteiger partial charge on any atom is -0.496 e. The van der Waals surface area contributed by atoms with E-state index in [4.69, 9.17) is 4.74 Å². The first-order valence-corrected chi connectivity index (χ1v) is 9.83. The van der Waals surface area contributed by atoms with E-state index in [9.17, 15) is 9.59 Å². The van der Waals surface area contributed by atoms with Crippen molar-refractivity contribution in [3.8, 4) is 5.75 Å². The summed E-state index contributed by atoms with van der Waals surface area (Å²) in [7, 11) is 1.70. The van der Waals surface area contributed by atoms with Crippen LogP contribution >= 0.6 is 0 Å². The van der Waals surface area contributed by atoms with Gasteiger partial charge >= 0.3 is 6.03 Å². The number of methoxy groups -OCH3 is 1. The molecule has 0 aromatic heterocycles. The van der Waals surface area contributed by atoms with Gasteiger partial charge in [-0.25, -0.2) is 4.79 Å². The van der Waals surface area contributed by atoms with Crippen LogP contribution in [-0.2, 0) is 11.2 Å². The number of nitrogens with zero attached hydrogens (tertiary/aromatic N) is 2. The van der Waals surface area contributed by atoms with Crippen LogP contribution in [0.15, 0.2) is 48.5 Å². The molecule has 1 aliphatic rings. The van der Waals surface area contributed by atoms with Gasteiger partial charge in [0.1, 0.15) is 5.75 Å². The van der Waals surface area contributed by atoms with E-state index >= 15 is 0 Å². The normalized spacial score (nSPS) is 14.3. The minimum absolute atomic E-state index is 0.116. The Morgan fingerprint density at radius 3 is 2.34 bits per heavy atom. The van der Waals surface area contributed by atoms with Crippen molar-refractivity contribution in [2.45, 2.75) is 13.3 Å². The molecule has 3 amide bonds. The highest BCUT2D eigenvalue weighted by Crippen LogP contribution is 2.19. The van der Waals surface area contributed by atoms with Gasteiger partial charge in [0.2, 0.25) is 5.91 Å². The summed E-state index contributed by atoms with van der Waals surface area (Å²) in [5, 5.41) is 5.63. The summed E-state index contributed by atoms with van der Waals surface area (Å²) in [6.45, 7) is 5.45. The first kappa shape index (κ1) is 20.7. The van der Waals surface area contributed by atoms with E-state index in [1.807, 2.05) is 29.2 Å². The number of anilines is 2. The third kappa shape index (κ3) is 5.96. The van der Waals surface area contributed by atoms with E-state index in [1.54, 1.807) is 25.3 Å². The molecule has 0 bridgehead atoms. The Balaban J connectivity index is 1.46. The number of nitrogens with one attached hydrogen (secondary N) is 2. The van der Waals surface area contributed by atoms with Crippen molar-refractivity contribution in [2.75, 3.05) is 50.5 Å². The molecular formula is C22H28N4O3. The van der Waals surface area contributed by atoms with Gasteiger partial charge in [-0.1, -0.05) is 24.3 Å². The maximum Gasteiger partial charge on any atom is 0.321 e. The Morgan fingerprint density at radius 1 is 0.966 bits per heavy atom. The monoisotopic (exact) mass is 396 g/mol. The number of carbonyl (C=O) groups excluding carboxylic acids is 2. The zero-order valence-corrected chi connectivity index (χ0v) is 17.0. The molecule has 2 N–H and O–H groups in total. The van der Waals surface area contributed by atoms with Gasteiger partial charge in [0.05, 0.1) is 7.11 Å². The number of amides is 3. The highest BCUT2D eigenvalue weighted by molar-refractivity contribution is 5.92. The van der Waals surface area contributed by atoms with E-state index in [0.717, 1.165) is 31.8 Å². The van der Waals surface area contributed by atoms with E-state index in [0.29, 0.717) is 24.5 Å². The molecule has 1 fully saturated rings. The van der Waals surface area contributed by atoms with Crippen LogP contribution in [0.25, 0.3) is 0 Å². The largest absolute Gasteiger partial charge is 0.496 e. The van der Waals surface area contributed by atoms with Crippen LogP contribution in [-0.4, -0.2) is 61.6 Å². The number of hydrogen-bond acceptors (Lipinski definition) is 4. The molecule has 29 heavy (non-hydrogen) atoms. The van der Waals surface area contributed by atoms with Crippen LogP contribution in [0.1, 0.15) is 12.5 Å². The van der Waals surface area contributed by atoms with Crippen LogP contribution in [0, 0.1) is 0 Å². The Kier molecular flexibility index (Phi) is 7.08. The summed E-state index contributed by atoms with van der Waals surface area (Å²) in [5.41, 5.74) is 2.53. The zero-order chi connectivity index (χ0) is 20.6. The number of piperazine rings is 1. The van der Waals surface area contributed by atoms with Gasteiger partial charge in [-0.3, -0.25) is 9.69 Å². The molecule has 1 heterocycles. The summed E-state index contributed by atoms with van der Waals surface area (Å²) in [6.07, 6.45) is 0.923. The molecule has 7 heteroatoms. The molecule has 0 aliphatic carbocycles. The highest BCUT2D eigenvalue weighted by atomic mass is 16.5. The maximum absolute atomic E-state index is 12.6. The van der Waals surface area contributed by atoms with E-state index < -0.39 is 0 Å². The van der Waals surface area contributed by atoms with E-state index in [-0.39, 0.29) is 11.9 Å². The fourth-order valence-corrected chi connectivity index (χ4v) is 3.44. The first-order chi connectivity index (χ1) is 14.0. The second-order valence-corrected chi connectivity index (χ2v) is 7.08. The molecule has 1 saturated heterocycles. The van der Waals surface area contributed by atoms with Crippen LogP contribution < -0.4 is 15.4 Å². The third-order valence-corrected chi connectivity index (χ3v) is 4.98. The molecule has 1 aliphatic heterocycles. The van der Waals surface area contributed by atoms with Crippen molar-refractivity contribution in [1.82, 2.24) is 9.80 Å². The van der Waals surface area contributed by atoms with Gasteiger partial charge in [-0.05, 0) is 36.2 Å². The predicted molar refractivity (Wildman–Crippen MR) is 114 cm³/mol. The number of urea groups is 1. The van der Waals surface area contributed by atoms with Crippen LogP contribution in [0.5, 0.6) is 5.75 Å². The molecular weight excluding hydrogens is 368 g/mol. The number of rotatable bonds is 6. The van der Waals surface area contributed by atoms with Gasteiger partial charge in [0.25, 0.3) is 0 Å². The van der Waals surface area contributed by atoms with Crippen molar-refractivity contribution in [1.29, 1.82) is 0 Å². The lowest BCUT2D eigenvalue weighted by atomic mass is 10.1. The molecule has 0 unspecified atom stereocenters.